The zero-order valence-corrected chi connectivity index (χ0v) is 6.21. The van der Waals surface area contributed by atoms with Crippen molar-refractivity contribution in [1.29, 1.82) is 0 Å². The van der Waals surface area contributed by atoms with Crippen LogP contribution in [0.5, 0.6) is 0 Å². The lowest BCUT2D eigenvalue weighted by Crippen LogP contribution is -2.17. The molecule has 1 aliphatic rings. The van der Waals surface area contributed by atoms with Gasteiger partial charge in [0, 0.05) is 19.1 Å². The normalized spacial score (nSPS) is 23.4. The molecule has 0 aromatic heterocycles. The summed E-state index contributed by atoms with van der Waals surface area (Å²) in [6, 6.07) is 0. The molecule has 1 aliphatic carbocycles. The van der Waals surface area contributed by atoms with Gasteiger partial charge < -0.3 is 10.2 Å². The quantitative estimate of drug-likeness (QED) is 0.598. The molecular weight excluding hydrogens is 128 g/mol. The summed E-state index contributed by atoms with van der Waals surface area (Å²) in [4.78, 5) is 0. The van der Waals surface area contributed by atoms with Gasteiger partial charge in [0.15, 0.2) is 0 Å². The molecule has 10 heavy (non-hydrogen) atoms. The monoisotopic (exact) mass is 143 g/mol. The van der Waals surface area contributed by atoms with Crippen molar-refractivity contribution in [2.24, 2.45) is 5.92 Å². The molecule has 0 aromatic carbocycles. The van der Waals surface area contributed by atoms with Crippen molar-refractivity contribution in [2.45, 2.75) is 25.7 Å². The maximum atomic E-state index is 8.78. The minimum Gasteiger partial charge on any atom is -0.396 e. The Morgan fingerprint density at radius 3 is 2.20 bits per heavy atom. The highest BCUT2D eigenvalue weighted by Crippen LogP contribution is 2.29. The van der Waals surface area contributed by atoms with Crippen LogP contribution in [0.1, 0.15) is 25.7 Å². The van der Waals surface area contributed by atoms with Crippen molar-refractivity contribution >= 4 is 0 Å². The summed E-state index contributed by atoms with van der Waals surface area (Å²) in [7, 11) is 0. The molecule has 0 heterocycles. The van der Waals surface area contributed by atoms with Crippen LogP contribution in [-0.2, 0) is 0 Å². The van der Waals surface area contributed by atoms with Gasteiger partial charge in [0.1, 0.15) is 0 Å². The highest BCUT2D eigenvalue weighted by atomic mass is 16.3. The smallest absolute Gasteiger partial charge is 0.0493 e. The Bertz CT molecular complexity index is 73.3. The molecule has 0 aliphatic heterocycles. The molecule has 2 heteroatoms. The van der Waals surface area contributed by atoms with Crippen LogP contribution < -0.4 is 0 Å². The minimum atomic E-state index is 0.248. The molecule has 1 saturated carbocycles. The van der Waals surface area contributed by atoms with Gasteiger partial charge in [-0.15, -0.1) is 0 Å². The van der Waals surface area contributed by atoms with Gasteiger partial charge in [0.2, 0.25) is 0 Å². The van der Waals surface area contributed by atoms with Gasteiger partial charge in [-0.05, 0) is 31.6 Å². The molecule has 2 N–H and O–H groups in total. The van der Waals surface area contributed by atoms with Crippen molar-refractivity contribution in [1.82, 2.24) is 0 Å². The fourth-order valence-corrected chi connectivity index (χ4v) is 1.43. The van der Waals surface area contributed by atoms with Crippen molar-refractivity contribution in [3.8, 4) is 0 Å². The fourth-order valence-electron chi connectivity index (χ4n) is 1.43. The second-order valence-corrected chi connectivity index (χ2v) is 3.03. The highest BCUT2D eigenvalue weighted by Gasteiger charge is 2.19. The summed E-state index contributed by atoms with van der Waals surface area (Å²) in [5.41, 5.74) is 0. The molecule has 0 aromatic rings. The third-order valence-electron chi connectivity index (χ3n) is 2.29. The lowest BCUT2D eigenvalue weighted by Gasteiger charge is -2.24. The molecule has 0 saturated heterocycles. The first-order valence-corrected chi connectivity index (χ1v) is 3.92. The van der Waals surface area contributed by atoms with E-state index in [2.05, 4.69) is 0 Å². The standard InChI is InChI=1S/C8H15O2/c9-5-7-1-2-8(6-10)4-3-7/h7,9-10H,1-6H2. The van der Waals surface area contributed by atoms with Gasteiger partial charge >= 0.3 is 0 Å². The summed E-state index contributed by atoms with van der Waals surface area (Å²) in [5.74, 6) is 1.75. The van der Waals surface area contributed by atoms with Crippen LogP contribution >= 0.6 is 0 Å². The van der Waals surface area contributed by atoms with E-state index in [0.29, 0.717) is 12.5 Å². The van der Waals surface area contributed by atoms with Gasteiger partial charge in [-0.3, -0.25) is 0 Å². The molecule has 0 bridgehead atoms. The zero-order valence-electron chi connectivity index (χ0n) is 6.21. The first-order chi connectivity index (χ1) is 4.86. The van der Waals surface area contributed by atoms with Gasteiger partial charge in [0.05, 0.1) is 0 Å². The summed E-state index contributed by atoms with van der Waals surface area (Å²) >= 11 is 0. The van der Waals surface area contributed by atoms with E-state index < -0.39 is 0 Å². The van der Waals surface area contributed by atoms with Crippen LogP contribution in [0.15, 0.2) is 0 Å². The first-order valence-electron chi connectivity index (χ1n) is 3.92. The Hall–Kier alpha value is -0.0800. The topological polar surface area (TPSA) is 40.5 Å². The third-order valence-corrected chi connectivity index (χ3v) is 2.29. The van der Waals surface area contributed by atoms with Crippen LogP contribution in [0.4, 0.5) is 0 Å². The van der Waals surface area contributed by atoms with Crippen molar-refractivity contribution in [3.63, 3.8) is 0 Å². The van der Waals surface area contributed by atoms with Crippen LogP contribution in [0.3, 0.4) is 0 Å². The number of aliphatic hydroxyl groups is 2. The van der Waals surface area contributed by atoms with Gasteiger partial charge in [-0.2, -0.15) is 0 Å². The predicted octanol–water partition coefficient (Wildman–Crippen LogP) is 0.736. The SMILES string of the molecule is OC[C]1CCC(CO)CC1. The summed E-state index contributed by atoms with van der Waals surface area (Å²) in [6.07, 6.45) is 4.16. The van der Waals surface area contributed by atoms with E-state index in [-0.39, 0.29) is 6.61 Å². The number of aliphatic hydroxyl groups excluding tert-OH is 2. The van der Waals surface area contributed by atoms with Crippen LogP contribution in [0.2, 0.25) is 0 Å². The Labute approximate surface area is 61.9 Å². The van der Waals surface area contributed by atoms with E-state index in [4.69, 9.17) is 10.2 Å². The van der Waals surface area contributed by atoms with E-state index in [1.807, 2.05) is 0 Å². The molecule has 0 amide bonds. The average molecular weight is 143 g/mol. The average Bonchev–Trinajstić information content (AvgIpc) is 2.05. The fraction of sp³-hybridized carbons (Fsp3) is 0.875. The maximum Gasteiger partial charge on any atom is 0.0493 e. The molecule has 0 unspecified atom stereocenters. The highest BCUT2D eigenvalue weighted by molar-refractivity contribution is 4.93. The predicted molar refractivity (Wildman–Crippen MR) is 39.4 cm³/mol. The molecule has 0 spiro atoms. The molecular formula is C8H15O2. The van der Waals surface area contributed by atoms with Gasteiger partial charge in [-0.1, -0.05) is 0 Å². The van der Waals surface area contributed by atoms with E-state index >= 15 is 0 Å². The van der Waals surface area contributed by atoms with Crippen LogP contribution in [0.25, 0.3) is 0 Å². The number of hydrogen-bond donors (Lipinski definition) is 2. The van der Waals surface area contributed by atoms with Gasteiger partial charge in [-0.25, -0.2) is 0 Å². The zero-order chi connectivity index (χ0) is 7.40. The van der Waals surface area contributed by atoms with E-state index in [9.17, 15) is 0 Å². The lowest BCUT2D eigenvalue weighted by atomic mass is 9.83. The van der Waals surface area contributed by atoms with Crippen LogP contribution in [0, 0.1) is 11.8 Å². The Morgan fingerprint density at radius 2 is 1.80 bits per heavy atom. The minimum absolute atomic E-state index is 0.248. The molecule has 1 rings (SSSR count). The van der Waals surface area contributed by atoms with E-state index in [1.165, 1.54) is 5.92 Å². The number of hydrogen-bond acceptors (Lipinski definition) is 2. The second kappa shape index (κ2) is 3.94. The maximum absolute atomic E-state index is 8.78. The molecule has 2 nitrogen and oxygen atoms in total. The number of rotatable bonds is 2. The Kier molecular flexibility index (Phi) is 3.16. The van der Waals surface area contributed by atoms with Gasteiger partial charge in [0.25, 0.3) is 0 Å². The molecule has 59 valence electrons. The summed E-state index contributed by atoms with van der Waals surface area (Å²) < 4.78 is 0. The van der Waals surface area contributed by atoms with E-state index in [0.717, 1.165) is 25.7 Å². The molecule has 0 atom stereocenters. The Balaban J connectivity index is 2.17. The van der Waals surface area contributed by atoms with Crippen molar-refractivity contribution in [3.05, 3.63) is 5.92 Å². The Morgan fingerprint density at radius 1 is 1.20 bits per heavy atom. The molecule has 1 fully saturated rings. The lowest BCUT2D eigenvalue weighted by molar-refractivity contribution is 0.183. The van der Waals surface area contributed by atoms with E-state index in [1.54, 1.807) is 0 Å². The largest absolute Gasteiger partial charge is 0.396 e. The molecule has 1 radical (unpaired) electrons. The summed E-state index contributed by atoms with van der Waals surface area (Å²) in [5, 5.41) is 17.5. The van der Waals surface area contributed by atoms with Crippen molar-refractivity contribution in [2.75, 3.05) is 13.2 Å². The third kappa shape index (κ3) is 1.96. The van der Waals surface area contributed by atoms with Crippen LogP contribution in [-0.4, -0.2) is 23.4 Å². The van der Waals surface area contributed by atoms with Crippen molar-refractivity contribution < 1.29 is 10.2 Å². The summed E-state index contributed by atoms with van der Waals surface area (Å²) in [6.45, 7) is 0.566. The second-order valence-electron chi connectivity index (χ2n) is 3.03. The first kappa shape index (κ1) is 8.02.